The Morgan fingerprint density at radius 3 is 0.764 bits per heavy atom. The second-order valence-electron chi connectivity index (χ2n) is 26.2. The molecule has 0 amide bonds. The zero-order chi connectivity index (χ0) is 65.7. The van der Waals surface area contributed by atoms with Crippen LogP contribution in [0.5, 0.6) is 0 Å². The molecule has 0 saturated carbocycles. The topological polar surface area (TPSA) is 237 Å². The van der Waals surface area contributed by atoms with Gasteiger partial charge >= 0.3 is 39.5 Å². The van der Waals surface area contributed by atoms with Crippen molar-refractivity contribution in [3.8, 4) is 0 Å². The lowest BCUT2D eigenvalue weighted by molar-refractivity contribution is -0.161. The lowest BCUT2D eigenvalue weighted by Gasteiger charge is -2.21. The number of unbranched alkanes of at least 4 members (excludes halogenated alkanes) is 39. The summed E-state index contributed by atoms with van der Waals surface area (Å²) in [5.41, 5.74) is 0. The van der Waals surface area contributed by atoms with Crippen LogP contribution in [0.25, 0.3) is 0 Å². The highest BCUT2D eigenvalue weighted by Gasteiger charge is 2.30. The number of esters is 4. The van der Waals surface area contributed by atoms with E-state index in [9.17, 15) is 43.2 Å². The van der Waals surface area contributed by atoms with Gasteiger partial charge in [-0.3, -0.25) is 37.3 Å². The highest BCUT2D eigenvalue weighted by molar-refractivity contribution is 7.47. The van der Waals surface area contributed by atoms with Crippen LogP contribution < -0.4 is 0 Å². The number of ether oxygens (including phenoxy) is 4. The van der Waals surface area contributed by atoms with E-state index in [2.05, 4.69) is 41.5 Å². The molecule has 5 atom stereocenters. The first-order chi connectivity index (χ1) is 42.9. The fourth-order valence-corrected chi connectivity index (χ4v) is 12.2. The van der Waals surface area contributed by atoms with Crippen molar-refractivity contribution in [2.24, 2.45) is 11.8 Å². The predicted molar refractivity (Wildman–Crippen MR) is 358 cm³/mol. The molecule has 2 unspecified atom stereocenters. The van der Waals surface area contributed by atoms with E-state index in [-0.39, 0.29) is 25.7 Å². The molecule has 0 bridgehead atoms. The number of carbonyl (C=O) groups excluding carboxylic acids is 4. The number of phosphoric ester groups is 2. The van der Waals surface area contributed by atoms with Gasteiger partial charge in [-0.1, -0.05) is 305 Å². The smallest absolute Gasteiger partial charge is 0.462 e. The van der Waals surface area contributed by atoms with E-state index in [4.69, 9.17) is 37.0 Å². The third-order valence-corrected chi connectivity index (χ3v) is 18.1. The molecule has 0 rings (SSSR count). The van der Waals surface area contributed by atoms with Gasteiger partial charge in [0, 0.05) is 25.7 Å². The Bertz CT molecular complexity index is 1730. The van der Waals surface area contributed by atoms with Gasteiger partial charge in [0.15, 0.2) is 12.2 Å². The van der Waals surface area contributed by atoms with Gasteiger partial charge in [-0.05, 0) is 37.5 Å². The van der Waals surface area contributed by atoms with Crippen LogP contribution >= 0.6 is 15.6 Å². The van der Waals surface area contributed by atoms with Crippen molar-refractivity contribution in [3.05, 3.63) is 0 Å². The summed E-state index contributed by atoms with van der Waals surface area (Å²) in [6.45, 7) is 9.49. The van der Waals surface area contributed by atoms with Gasteiger partial charge in [-0.15, -0.1) is 0 Å². The Balaban J connectivity index is 5.22. The summed E-state index contributed by atoms with van der Waals surface area (Å²) >= 11 is 0. The molecular formula is C70H136O17P2. The fourth-order valence-electron chi connectivity index (χ4n) is 10.6. The summed E-state index contributed by atoms with van der Waals surface area (Å²) in [5, 5.41) is 10.6. The normalized spacial score (nSPS) is 14.1. The Morgan fingerprint density at radius 2 is 0.517 bits per heavy atom. The molecule has 19 heteroatoms. The second-order valence-corrected chi connectivity index (χ2v) is 29.1. The molecule has 89 heavy (non-hydrogen) atoms. The molecule has 3 N–H and O–H groups in total. The Morgan fingerprint density at radius 1 is 0.303 bits per heavy atom. The SMILES string of the molecule is CCCCCCCCCCCCCCCCCC(=O)OC[C@H](COP(=O)(O)OC[C@@H](O)COP(=O)(O)OC[C@@H](COC(=O)CCCCCCCCCC)OC(=O)CCCCCCCCCCC(C)C)OC(=O)CCCCCCCCCCCCCCC(C)C. The molecule has 0 aromatic heterocycles. The number of hydrogen-bond donors (Lipinski definition) is 3. The second kappa shape index (κ2) is 62.2. The molecule has 0 aliphatic rings. The molecule has 0 radical (unpaired) electrons. The first-order valence-electron chi connectivity index (χ1n) is 36.5. The maximum Gasteiger partial charge on any atom is 0.472 e. The molecule has 0 aromatic rings. The van der Waals surface area contributed by atoms with E-state index in [1.54, 1.807) is 0 Å². The lowest BCUT2D eigenvalue weighted by Crippen LogP contribution is -2.30. The summed E-state index contributed by atoms with van der Waals surface area (Å²) in [6, 6.07) is 0. The summed E-state index contributed by atoms with van der Waals surface area (Å²) in [6.07, 6.45) is 47.2. The van der Waals surface area contributed by atoms with Crippen LogP contribution in [0.2, 0.25) is 0 Å². The number of phosphoric acid groups is 2. The Labute approximate surface area is 543 Å². The maximum atomic E-state index is 13.0. The van der Waals surface area contributed by atoms with Crippen molar-refractivity contribution < 1.29 is 80.2 Å². The van der Waals surface area contributed by atoms with E-state index in [0.717, 1.165) is 108 Å². The van der Waals surface area contributed by atoms with Crippen LogP contribution in [0.3, 0.4) is 0 Å². The number of rotatable bonds is 69. The fraction of sp³-hybridized carbons (Fsp3) is 0.943. The van der Waals surface area contributed by atoms with E-state index in [1.807, 2.05) is 0 Å². The first-order valence-corrected chi connectivity index (χ1v) is 39.5. The zero-order valence-electron chi connectivity index (χ0n) is 57.7. The third-order valence-electron chi connectivity index (χ3n) is 16.2. The van der Waals surface area contributed by atoms with Crippen LogP contribution in [-0.2, 0) is 65.4 Å². The molecule has 0 fully saturated rings. The minimum absolute atomic E-state index is 0.104. The van der Waals surface area contributed by atoms with Crippen molar-refractivity contribution in [2.75, 3.05) is 39.6 Å². The van der Waals surface area contributed by atoms with Crippen LogP contribution in [0, 0.1) is 11.8 Å². The Kier molecular flexibility index (Phi) is 60.8. The zero-order valence-corrected chi connectivity index (χ0v) is 59.5. The van der Waals surface area contributed by atoms with Crippen molar-refractivity contribution in [1.82, 2.24) is 0 Å². The summed E-state index contributed by atoms with van der Waals surface area (Å²) in [4.78, 5) is 72.5. The predicted octanol–water partition coefficient (Wildman–Crippen LogP) is 20.0. The van der Waals surface area contributed by atoms with Crippen molar-refractivity contribution >= 4 is 39.5 Å². The average molecular weight is 1310 g/mol. The van der Waals surface area contributed by atoms with Crippen LogP contribution in [0.4, 0.5) is 0 Å². The minimum atomic E-state index is -4.95. The lowest BCUT2D eigenvalue weighted by atomic mass is 10.0. The standard InChI is InChI=1S/C70H136O17P2/c1-7-9-11-13-15-17-18-19-20-21-25-28-35-41-47-53-68(73)81-59-66(86-69(74)54-48-42-36-29-26-23-22-24-27-32-38-44-50-62(3)4)61-85-89(78,79)83-57-64(71)56-82-88(76,77)84-60-65(58-80-67(72)52-46-40-34-16-14-12-10-8-2)87-70(75)55-49-43-37-31-30-33-39-45-51-63(5)6/h62-66,71H,7-61H2,1-6H3,(H,76,77)(H,78,79)/t64-,65+,66+/m0/s1. The molecule has 17 nitrogen and oxygen atoms in total. The molecule has 0 heterocycles. The monoisotopic (exact) mass is 1310 g/mol. The number of carbonyl (C=O) groups is 4. The summed E-state index contributed by atoms with van der Waals surface area (Å²) in [5.74, 6) is -0.632. The molecule has 528 valence electrons. The van der Waals surface area contributed by atoms with Crippen LogP contribution in [-0.4, -0.2) is 96.7 Å². The quantitative estimate of drug-likeness (QED) is 0.0222. The number of aliphatic hydroxyl groups excluding tert-OH is 1. The van der Waals surface area contributed by atoms with E-state index in [1.165, 1.54) is 167 Å². The maximum absolute atomic E-state index is 13.0. The van der Waals surface area contributed by atoms with Crippen LogP contribution in [0.1, 0.15) is 356 Å². The molecule has 0 spiro atoms. The average Bonchev–Trinajstić information content (AvgIpc) is 3.70. The van der Waals surface area contributed by atoms with Crippen molar-refractivity contribution in [1.29, 1.82) is 0 Å². The highest BCUT2D eigenvalue weighted by Crippen LogP contribution is 2.45. The first kappa shape index (κ1) is 87.1. The van der Waals surface area contributed by atoms with E-state index < -0.39 is 97.5 Å². The molecule has 0 aliphatic carbocycles. The highest BCUT2D eigenvalue weighted by atomic mass is 31.2. The summed E-state index contributed by atoms with van der Waals surface area (Å²) < 4.78 is 68.2. The molecule has 0 saturated heterocycles. The van der Waals surface area contributed by atoms with Gasteiger partial charge < -0.3 is 33.8 Å². The Hall–Kier alpha value is -1.94. The largest absolute Gasteiger partial charge is 0.472 e. The molecular weight excluding hydrogens is 1170 g/mol. The van der Waals surface area contributed by atoms with Crippen LogP contribution in [0.15, 0.2) is 0 Å². The minimum Gasteiger partial charge on any atom is -0.462 e. The summed E-state index contributed by atoms with van der Waals surface area (Å²) in [7, 11) is -9.90. The molecule has 0 aliphatic heterocycles. The van der Waals surface area contributed by atoms with Gasteiger partial charge in [0.25, 0.3) is 0 Å². The molecule has 0 aromatic carbocycles. The van der Waals surface area contributed by atoms with Gasteiger partial charge in [0.05, 0.1) is 26.4 Å². The van der Waals surface area contributed by atoms with E-state index >= 15 is 0 Å². The number of hydrogen-bond acceptors (Lipinski definition) is 15. The van der Waals surface area contributed by atoms with Gasteiger partial charge in [0.1, 0.15) is 19.3 Å². The third kappa shape index (κ3) is 64.6. The van der Waals surface area contributed by atoms with Gasteiger partial charge in [0.2, 0.25) is 0 Å². The van der Waals surface area contributed by atoms with Crippen molar-refractivity contribution in [2.45, 2.75) is 374 Å². The van der Waals surface area contributed by atoms with Gasteiger partial charge in [-0.25, -0.2) is 9.13 Å². The number of aliphatic hydroxyl groups is 1. The van der Waals surface area contributed by atoms with Gasteiger partial charge in [-0.2, -0.15) is 0 Å². The van der Waals surface area contributed by atoms with E-state index in [0.29, 0.717) is 25.7 Å². The van der Waals surface area contributed by atoms with Crippen molar-refractivity contribution in [3.63, 3.8) is 0 Å².